The molecule has 2 aromatic carbocycles. The van der Waals surface area contributed by atoms with Crippen LogP contribution in [0.15, 0.2) is 70.9 Å². The van der Waals surface area contributed by atoms with Crippen LogP contribution in [0, 0.1) is 0 Å². The lowest BCUT2D eigenvalue weighted by Crippen LogP contribution is -2.20. The van der Waals surface area contributed by atoms with Crippen LogP contribution >= 0.6 is 22.9 Å². The van der Waals surface area contributed by atoms with Crippen molar-refractivity contribution in [2.45, 2.75) is 10.4 Å². The van der Waals surface area contributed by atoms with Crippen molar-refractivity contribution in [2.75, 3.05) is 15.4 Å². The Labute approximate surface area is 212 Å². The minimum Gasteiger partial charge on any atom is -0.308 e. The molecular weight excluding hydrogens is 539 g/mol. The molecule has 2 heterocycles. The van der Waals surface area contributed by atoms with Crippen molar-refractivity contribution >= 4 is 56.1 Å². The van der Waals surface area contributed by atoms with Gasteiger partial charge < -0.3 is 10.6 Å². The molecule has 14 heteroatoms. The van der Waals surface area contributed by atoms with E-state index in [1.807, 2.05) is 0 Å². The summed E-state index contributed by atoms with van der Waals surface area (Å²) in [5.41, 5.74) is -0.132. The molecule has 36 heavy (non-hydrogen) atoms. The van der Waals surface area contributed by atoms with E-state index in [2.05, 4.69) is 20.5 Å². The second kappa shape index (κ2) is 9.84. The number of anilines is 3. The number of aryl methyl sites for hydroxylation is 1. The van der Waals surface area contributed by atoms with Gasteiger partial charge in [0.2, 0.25) is 0 Å². The van der Waals surface area contributed by atoms with E-state index in [1.165, 1.54) is 37.4 Å². The summed E-state index contributed by atoms with van der Waals surface area (Å²) in [7, 11) is -2.76. The highest BCUT2D eigenvalue weighted by Crippen LogP contribution is 2.36. The molecule has 0 saturated carbocycles. The second-order valence-corrected chi connectivity index (χ2v) is 10.8. The molecule has 0 atom stereocenters. The van der Waals surface area contributed by atoms with Crippen molar-refractivity contribution in [3.63, 3.8) is 0 Å². The van der Waals surface area contributed by atoms with Crippen LogP contribution in [0.4, 0.5) is 35.0 Å². The van der Waals surface area contributed by atoms with Crippen LogP contribution in [-0.2, 0) is 23.2 Å². The van der Waals surface area contributed by atoms with Gasteiger partial charge >= 0.3 is 12.2 Å². The summed E-state index contributed by atoms with van der Waals surface area (Å²) in [6.07, 6.45) is -4.62. The molecule has 0 aliphatic rings. The SMILES string of the molecule is Cn1nc(C(F)(F)F)cc1-c1ccc(S(=O)(=O)Nc2ccc(Cl)c(NC(=O)Nc3ccccc3)c2)s1. The lowest BCUT2D eigenvalue weighted by molar-refractivity contribution is -0.141. The number of urea groups is 1. The van der Waals surface area contributed by atoms with E-state index in [-0.39, 0.29) is 31.2 Å². The number of amides is 2. The number of carbonyl (C=O) groups excluding carboxylic acids is 1. The minimum absolute atomic E-state index is 0.115. The van der Waals surface area contributed by atoms with Crippen LogP contribution in [0.25, 0.3) is 10.6 Å². The molecule has 0 radical (unpaired) electrons. The zero-order chi connectivity index (χ0) is 26.1. The van der Waals surface area contributed by atoms with Gasteiger partial charge in [-0.05, 0) is 48.5 Å². The highest BCUT2D eigenvalue weighted by molar-refractivity contribution is 7.94. The molecular formula is C22H17ClF3N5O3S2. The smallest absolute Gasteiger partial charge is 0.308 e. The second-order valence-electron chi connectivity index (χ2n) is 7.40. The van der Waals surface area contributed by atoms with Gasteiger partial charge in [0, 0.05) is 12.7 Å². The zero-order valence-corrected chi connectivity index (χ0v) is 20.7. The molecule has 3 N–H and O–H groups in total. The summed E-state index contributed by atoms with van der Waals surface area (Å²) in [5, 5.41) is 8.80. The Hall–Kier alpha value is -3.55. The Kier molecular flexibility index (Phi) is 6.98. The average molecular weight is 556 g/mol. The average Bonchev–Trinajstić information content (AvgIpc) is 3.44. The van der Waals surface area contributed by atoms with Crippen molar-refractivity contribution < 1.29 is 26.4 Å². The fourth-order valence-corrected chi connectivity index (χ4v) is 5.70. The van der Waals surface area contributed by atoms with E-state index in [0.717, 1.165) is 22.1 Å². The lowest BCUT2D eigenvalue weighted by atomic mass is 10.3. The molecule has 4 aromatic rings. The van der Waals surface area contributed by atoms with Crippen molar-refractivity contribution in [1.82, 2.24) is 9.78 Å². The molecule has 0 aliphatic heterocycles. The van der Waals surface area contributed by atoms with Gasteiger partial charge in [-0.1, -0.05) is 29.8 Å². The van der Waals surface area contributed by atoms with E-state index in [4.69, 9.17) is 11.6 Å². The maximum atomic E-state index is 13.0. The van der Waals surface area contributed by atoms with E-state index in [9.17, 15) is 26.4 Å². The first kappa shape index (κ1) is 25.5. The topological polar surface area (TPSA) is 105 Å². The summed E-state index contributed by atoms with van der Waals surface area (Å²) in [5.74, 6) is 0. The Bertz CT molecular complexity index is 1520. The molecule has 188 valence electrons. The van der Waals surface area contributed by atoms with Gasteiger partial charge in [-0.25, -0.2) is 13.2 Å². The predicted molar refractivity (Wildman–Crippen MR) is 133 cm³/mol. The summed E-state index contributed by atoms with van der Waals surface area (Å²) in [6.45, 7) is 0. The zero-order valence-electron chi connectivity index (χ0n) is 18.3. The van der Waals surface area contributed by atoms with Gasteiger partial charge in [-0.3, -0.25) is 9.40 Å². The van der Waals surface area contributed by atoms with Gasteiger partial charge in [0.25, 0.3) is 10.0 Å². The van der Waals surface area contributed by atoms with E-state index >= 15 is 0 Å². The van der Waals surface area contributed by atoms with Crippen LogP contribution in [-0.4, -0.2) is 24.2 Å². The first-order valence-corrected chi connectivity index (χ1v) is 12.8. The number of hydrogen-bond donors (Lipinski definition) is 3. The lowest BCUT2D eigenvalue weighted by Gasteiger charge is -2.12. The molecule has 0 saturated heterocycles. The number of para-hydroxylation sites is 1. The Morgan fingerprint density at radius 3 is 2.39 bits per heavy atom. The van der Waals surface area contributed by atoms with Crippen LogP contribution < -0.4 is 15.4 Å². The normalized spacial score (nSPS) is 11.8. The number of nitrogens with zero attached hydrogens (tertiary/aromatic N) is 2. The van der Waals surface area contributed by atoms with E-state index < -0.39 is 27.9 Å². The molecule has 0 unspecified atom stereocenters. The van der Waals surface area contributed by atoms with Gasteiger partial charge in [0.1, 0.15) is 4.21 Å². The van der Waals surface area contributed by atoms with Gasteiger partial charge in [-0.2, -0.15) is 18.3 Å². The standard InChI is InChI=1S/C22H17ClF3N5O3S2/c1-31-17(12-19(29-31)22(24,25)26)18-9-10-20(35-18)36(33,34)30-14-7-8-15(23)16(11-14)28-21(32)27-13-5-3-2-4-6-13/h2-12,30H,1H3,(H2,27,28,32). The van der Waals surface area contributed by atoms with Crippen molar-refractivity contribution in [1.29, 1.82) is 0 Å². The monoisotopic (exact) mass is 555 g/mol. The fourth-order valence-electron chi connectivity index (χ4n) is 3.13. The highest BCUT2D eigenvalue weighted by atomic mass is 35.5. The van der Waals surface area contributed by atoms with E-state index in [1.54, 1.807) is 30.3 Å². The Morgan fingerprint density at radius 2 is 1.72 bits per heavy atom. The van der Waals surface area contributed by atoms with Crippen LogP contribution in [0.5, 0.6) is 0 Å². The quantitative estimate of drug-likeness (QED) is 0.261. The number of hydrogen-bond acceptors (Lipinski definition) is 5. The largest absolute Gasteiger partial charge is 0.435 e. The van der Waals surface area contributed by atoms with Gasteiger partial charge in [0.05, 0.1) is 27.0 Å². The molecule has 0 fully saturated rings. The maximum absolute atomic E-state index is 13.0. The van der Waals surface area contributed by atoms with Gasteiger partial charge in [-0.15, -0.1) is 11.3 Å². The number of nitrogens with one attached hydrogen (secondary N) is 3. The summed E-state index contributed by atoms with van der Waals surface area (Å²) in [6, 6.07) is 15.8. The third-order valence-electron chi connectivity index (χ3n) is 4.77. The number of benzene rings is 2. The number of rotatable bonds is 6. The van der Waals surface area contributed by atoms with Crippen LogP contribution in [0.3, 0.4) is 0 Å². The summed E-state index contributed by atoms with van der Waals surface area (Å²) >= 11 is 6.93. The molecule has 0 bridgehead atoms. The Balaban J connectivity index is 1.51. The van der Waals surface area contributed by atoms with Crippen molar-refractivity contribution in [3.05, 3.63) is 77.4 Å². The predicted octanol–water partition coefficient (Wildman–Crippen LogP) is 6.27. The fraction of sp³-hybridized carbons (Fsp3) is 0.0909. The molecule has 0 spiro atoms. The molecule has 2 amide bonds. The summed E-state index contributed by atoms with van der Waals surface area (Å²) < 4.78 is 68.0. The molecule has 0 aliphatic carbocycles. The molecule has 2 aromatic heterocycles. The number of halogens is 4. The third kappa shape index (κ3) is 5.80. The van der Waals surface area contributed by atoms with Crippen molar-refractivity contribution in [2.24, 2.45) is 7.05 Å². The van der Waals surface area contributed by atoms with Crippen LogP contribution in [0.2, 0.25) is 5.02 Å². The third-order valence-corrected chi connectivity index (χ3v) is 8.08. The number of sulfonamides is 1. The number of thiophene rings is 1. The van der Waals surface area contributed by atoms with Crippen molar-refractivity contribution in [3.8, 4) is 10.6 Å². The Morgan fingerprint density at radius 1 is 1.00 bits per heavy atom. The highest BCUT2D eigenvalue weighted by Gasteiger charge is 2.35. The molecule has 4 rings (SSSR count). The first-order chi connectivity index (χ1) is 16.9. The first-order valence-electron chi connectivity index (χ1n) is 10.1. The number of aromatic nitrogens is 2. The maximum Gasteiger partial charge on any atom is 0.435 e. The van der Waals surface area contributed by atoms with Gasteiger partial charge in [0.15, 0.2) is 5.69 Å². The number of carbonyl (C=O) groups is 1. The van der Waals surface area contributed by atoms with Crippen LogP contribution in [0.1, 0.15) is 5.69 Å². The number of alkyl halides is 3. The minimum atomic E-state index is -4.62. The molecule has 8 nitrogen and oxygen atoms in total. The summed E-state index contributed by atoms with van der Waals surface area (Å²) in [4.78, 5) is 12.6. The van der Waals surface area contributed by atoms with E-state index in [0.29, 0.717) is 5.69 Å².